The smallest absolute Gasteiger partial charge is 0.275 e. The van der Waals surface area contributed by atoms with E-state index < -0.39 is 0 Å². The monoisotopic (exact) mass is 422 g/mol. The highest BCUT2D eigenvalue weighted by Gasteiger charge is 2.23. The number of nitrogens with two attached hydrogens (primary N) is 1. The van der Waals surface area contributed by atoms with Crippen LogP contribution in [0.5, 0.6) is 0 Å². The van der Waals surface area contributed by atoms with Crippen molar-refractivity contribution < 1.29 is 9.59 Å². The van der Waals surface area contributed by atoms with Crippen molar-refractivity contribution in [1.29, 1.82) is 0 Å². The standard InChI is InChI=1S/C20H26N4O2S.ClH/c1-24(16-5-3-2-4-6-16)20(26)14-7-9-15(10-8-14)22-19(25)17-13-27-18(23-17)11-12-21;/h7-10,13,16H,2-6,11-12,21H2,1H3,(H,22,25);1H. The van der Waals surface area contributed by atoms with Crippen molar-refractivity contribution in [1.82, 2.24) is 9.88 Å². The zero-order valence-electron chi connectivity index (χ0n) is 16.0. The van der Waals surface area contributed by atoms with Gasteiger partial charge in [0.2, 0.25) is 0 Å². The zero-order valence-corrected chi connectivity index (χ0v) is 17.7. The molecule has 1 fully saturated rings. The summed E-state index contributed by atoms with van der Waals surface area (Å²) in [5.74, 6) is -0.223. The van der Waals surface area contributed by atoms with Crippen LogP contribution in [-0.4, -0.2) is 41.3 Å². The summed E-state index contributed by atoms with van der Waals surface area (Å²) in [5, 5.41) is 5.41. The van der Waals surface area contributed by atoms with E-state index in [2.05, 4.69) is 10.3 Å². The molecule has 1 aromatic carbocycles. The third kappa shape index (κ3) is 5.53. The molecule has 0 unspecified atom stereocenters. The van der Waals surface area contributed by atoms with Gasteiger partial charge < -0.3 is 16.0 Å². The third-order valence-electron chi connectivity index (χ3n) is 4.98. The second kappa shape index (κ2) is 10.5. The van der Waals surface area contributed by atoms with E-state index in [0.717, 1.165) is 17.8 Å². The van der Waals surface area contributed by atoms with Crippen LogP contribution in [0.1, 0.15) is 58.0 Å². The number of benzene rings is 1. The van der Waals surface area contributed by atoms with Crippen LogP contribution in [0.4, 0.5) is 5.69 Å². The molecule has 28 heavy (non-hydrogen) atoms. The molecule has 2 aromatic rings. The van der Waals surface area contributed by atoms with E-state index in [1.54, 1.807) is 29.6 Å². The van der Waals surface area contributed by atoms with Crippen LogP contribution in [0, 0.1) is 0 Å². The molecule has 0 atom stereocenters. The number of nitrogens with one attached hydrogen (secondary N) is 1. The number of amides is 2. The molecule has 152 valence electrons. The van der Waals surface area contributed by atoms with E-state index in [1.807, 2.05) is 11.9 Å². The Morgan fingerprint density at radius 1 is 1.21 bits per heavy atom. The van der Waals surface area contributed by atoms with Gasteiger partial charge in [0, 0.05) is 36.1 Å². The van der Waals surface area contributed by atoms with Crippen molar-refractivity contribution in [3.8, 4) is 0 Å². The molecule has 1 aromatic heterocycles. The van der Waals surface area contributed by atoms with Crippen LogP contribution in [-0.2, 0) is 6.42 Å². The Labute approximate surface area is 175 Å². The van der Waals surface area contributed by atoms with Crippen LogP contribution in [0.15, 0.2) is 29.6 Å². The van der Waals surface area contributed by atoms with Gasteiger partial charge in [0.1, 0.15) is 5.69 Å². The SMILES string of the molecule is CN(C(=O)c1ccc(NC(=O)c2csc(CCN)n2)cc1)C1CCCCC1.Cl. The van der Waals surface area contributed by atoms with Gasteiger partial charge in [-0.3, -0.25) is 9.59 Å². The van der Waals surface area contributed by atoms with Crippen molar-refractivity contribution in [3.05, 3.63) is 45.9 Å². The van der Waals surface area contributed by atoms with Gasteiger partial charge in [0.05, 0.1) is 5.01 Å². The number of hydrogen-bond acceptors (Lipinski definition) is 5. The summed E-state index contributed by atoms with van der Waals surface area (Å²) in [5.41, 5.74) is 7.18. The maximum absolute atomic E-state index is 12.7. The molecular weight excluding hydrogens is 396 g/mol. The molecule has 3 N–H and O–H groups in total. The molecule has 1 aliphatic rings. The Morgan fingerprint density at radius 3 is 2.54 bits per heavy atom. The molecular formula is C20H27ClN4O2S. The van der Waals surface area contributed by atoms with E-state index in [0.29, 0.717) is 36.0 Å². The van der Waals surface area contributed by atoms with Gasteiger partial charge in [-0.25, -0.2) is 4.98 Å². The predicted octanol–water partition coefficient (Wildman–Crippen LogP) is 3.72. The van der Waals surface area contributed by atoms with E-state index in [4.69, 9.17) is 5.73 Å². The molecule has 2 amide bonds. The third-order valence-corrected chi connectivity index (χ3v) is 5.88. The highest BCUT2D eigenvalue weighted by Crippen LogP contribution is 2.23. The first-order valence-corrected chi connectivity index (χ1v) is 10.3. The topological polar surface area (TPSA) is 88.3 Å². The molecule has 3 rings (SSSR count). The highest BCUT2D eigenvalue weighted by molar-refractivity contribution is 7.09. The minimum atomic E-state index is -0.257. The fraction of sp³-hybridized carbons (Fsp3) is 0.450. The van der Waals surface area contributed by atoms with Crippen molar-refractivity contribution in [3.63, 3.8) is 0 Å². The molecule has 1 heterocycles. The van der Waals surface area contributed by atoms with E-state index in [-0.39, 0.29) is 24.2 Å². The van der Waals surface area contributed by atoms with Crippen LogP contribution in [0.25, 0.3) is 0 Å². The molecule has 1 saturated carbocycles. The van der Waals surface area contributed by atoms with E-state index >= 15 is 0 Å². The van der Waals surface area contributed by atoms with E-state index in [1.165, 1.54) is 30.6 Å². The lowest BCUT2D eigenvalue weighted by Crippen LogP contribution is -2.38. The average Bonchev–Trinajstić information content (AvgIpc) is 3.17. The predicted molar refractivity (Wildman–Crippen MR) is 115 cm³/mol. The lowest BCUT2D eigenvalue weighted by molar-refractivity contribution is 0.0696. The summed E-state index contributed by atoms with van der Waals surface area (Å²) in [6, 6.07) is 7.37. The molecule has 1 aliphatic carbocycles. The first kappa shape index (κ1) is 22.3. The van der Waals surface area contributed by atoms with Gasteiger partial charge in [-0.05, 0) is 43.7 Å². The number of carbonyl (C=O) groups is 2. The van der Waals surface area contributed by atoms with Crippen molar-refractivity contribution in [2.75, 3.05) is 18.9 Å². The molecule has 6 nitrogen and oxygen atoms in total. The van der Waals surface area contributed by atoms with Crippen molar-refractivity contribution >= 4 is 41.2 Å². The number of thiazole rings is 1. The van der Waals surface area contributed by atoms with Gasteiger partial charge in [0.25, 0.3) is 11.8 Å². The Balaban J connectivity index is 0.00000280. The van der Waals surface area contributed by atoms with Gasteiger partial charge in [-0.15, -0.1) is 23.7 Å². The molecule has 8 heteroatoms. The molecule has 0 spiro atoms. The summed E-state index contributed by atoms with van der Waals surface area (Å²) in [6.07, 6.45) is 6.48. The second-order valence-electron chi connectivity index (χ2n) is 6.90. The fourth-order valence-electron chi connectivity index (χ4n) is 3.38. The fourth-order valence-corrected chi connectivity index (χ4v) is 4.18. The molecule has 0 saturated heterocycles. The number of aromatic nitrogens is 1. The lowest BCUT2D eigenvalue weighted by Gasteiger charge is -2.31. The van der Waals surface area contributed by atoms with Crippen molar-refractivity contribution in [2.24, 2.45) is 5.73 Å². The first-order valence-electron chi connectivity index (χ1n) is 9.41. The Bertz CT molecular complexity index is 788. The number of nitrogens with zero attached hydrogens (tertiary/aromatic N) is 2. The average molecular weight is 423 g/mol. The summed E-state index contributed by atoms with van der Waals surface area (Å²) < 4.78 is 0. The number of anilines is 1. The maximum atomic E-state index is 12.7. The maximum Gasteiger partial charge on any atom is 0.275 e. The van der Waals surface area contributed by atoms with E-state index in [9.17, 15) is 9.59 Å². The minimum absolute atomic E-state index is 0. The zero-order chi connectivity index (χ0) is 19.2. The normalized spacial score (nSPS) is 14.2. The van der Waals surface area contributed by atoms with Gasteiger partial charge >= 0.3 is 0 Å². The number of rotatable bonds is 6. The molecule has 0 radical (unpaired) electrons. The summed E-state index contributed by atoms with van der Waals surface area (Å²) in [4.78, 5) is 31.1. The number of carbonyl (C=O) groups excluding carboxylic acids is 2. The Kier molecular flexibility index (Phi) is 8.41. The summed E-state index contributed by atoms with van der Waals surface area (Å²) in [7, 11) is 1.88. The lowest BCUT2D eigenvalue weighted by atomic mass is 9.94. The Hall–Kier alpha value is -1.96. The Morgan fingerprint density at radius 2 is 1.89 bits per heavy atom. The first-order chi connectivity index (χ1) is 13.1. The van der Waals surface area contributed by atoms with Crippen LogP contribution in [0.3, 0.4) is 0 Å². The molecule has 0 bridgehead atoms. The minimum Gasteiger partial charge on any atom is -0.339 e. The molecule has 0 aliphatic heterocycles. The van der Waals surface area contributed by atoms with Gasteiger partial charge in [0.15, 0.2) is 0 Å². The summed E-state index contributed by atoms with van der Waals surface area (Å²) >= 11 is 1.43. The van der Waals surface area contributed by atoms with Crippen LogP contribution in [0.2, 0.25) is 0 Å². The van der Waals surface area contributed by atoms with Gasteiger partial charge in [-0.2, -0.15) is 0 Å². The quantitative estimate of drug-likeness (QED) is 0.742. The van der Waals surface area contributed by atoms with Crippen LogP contribution >= 0.6 is 23.7 Å². The largest absolute Gasteiger partial charge is 0.339 e. The van der Waals surface area contributed by atoms with Crippen LogP contribution < -0.4 is 11.1 Å². The number of halogens is 1. The van der Waals surface area contributed by atoms with Gasteiger partial charge in [-0.1, -0.05) is 19.3 Å². The highest BCUT2D eigenvalue weighted by atomic mass is 35.5. The van der Waals surface area contributed by atoms with Crippen molar-refractivity contribution in [2.45, 2.75) is 44.6 Å². The second-order valence-corrected chi connectivity index (χ2v) is 7.85. The summed E-state index contributed by atoms with van der Waals surface area (Å²) in [6.45, 7) is 0.513. The number of hydrogen-bond donors (Lipinski definition) is 2.